The summed E-state index contributed by atoms with van der Waals surface area (Å²) in [5.74, 6) is 1.21. The average Bonchev–Trinajstić information content (AvgIpc) is 3.02. The molecule has 0 aliphatic rings. The summed E-state index contributed by atoms with van der Waals surface area (Å²) in [4.78, 5) is 12.3. The van der Waals surface area contributed by atoms with Crippen LogP contribution in [0.3, 0.4) is 0 Å². The number of rotatable bonds is 6. The van der Waals surface area contributed by atoms with Crippen molar-refractivity contribution in [2.45, 2.75) is 6.54 Å². The van der Waals surface area contributed by atoms with E-state index in [2.05, 4.69) is 5.10 Å². The first-order chi connectivity index (χ1) is 12.1. The van der Waals surface area contributed by atoms with Crippen LogP contribution in [-0.4, -0.2) is 25.1 Å². The van der Waals surface area contributed by atoms with Crippen LogP contribution < -0.4 is 36.9 Å². The van der Waals surface area contributed by atoms with Gasteiger partial charge in [-0.05, 0) is 29.5 Å². The van der Waals surface area contributed by atoms with Gasteiger partial charge in [0.25, 0.3) is 0 Å². The molecular weight excluding hydrogens is 418 g/mol. The molecule has 6 nitrogen and oxygen atoms in total. The second kappa shape index (κ2) is 8.77. The summed E-state index contributed by atoms with van der Waals surface area (Å²) in [6, 6.07) is 14.6. The molecule has 2 N–H and O–H groups in total. The third-order valence-corrected chi connectivity index (χ3v) is 4.62. The van der Waals surface area contributed by atoms with E-state index in [1.165, 1.54) is 16.0 Å². The zero-order valence-electron chi connectivity index (χ0n) is 14.3. The minimum atomic E-state index is -0.0403. The van der Waals surface area contributed by atoms with E-state index in [0.29, 0.717) is 27.2 Å². The molecule has 0 aliphatic carbocycles. The van der Waals surface area contributed by atoms with Gasteiger partial charge in [0.1, 0.15) is 0 Å². The van der Waals surface area contributed by atoms with Crippen molar-refractivity contribution in [1.29, 1.82) is 0 Å². The Morgan fingerprint density at radius 3 is 2.46 bits per heavy atom. The Balaban J connectivity index is 0.00000243. The molecule has 3 aromatic rings. The van der Waals surface area contributed by atoms with E-state index in [4.69, 9.17) is 15.2 Å². The molecule has 0 spiro atoms. The molecule has 0 radical (unpaired) electrons. The minimum absolute atomic E-state index is 0. The lowest BCUT2D eigenvalue weighted by atomic mass is 10.1. The molecular formula is C18H18BrN3O3S. The van der Waals surface area contributed by atoms with E-state index >= 15 is 0 Å². The number of carbonyl (C=O) groups is 1. The number of benzene rings is 2. The first-order valence-electron chi connectivity index (χ1n) is 7.59. The SMILES string of the molecule is COc1ccc(-c2n[n+](CC(=O)c3ccccc3)c(N)s2)cc1OC.[Br-]. The van der Waals surface area contributed by atoms with Gasteiger partial charge in [-0.25, -0.2) is 0 Å². The van der Waals surface area contributed by atoms with E-state index in [1.54, 1.807) is 26.4 Å². The lowest BCUT2D eigenvalue weighted by molar-refractivity contribution is -0.722. The maximum atomic E-state index is 12.3. The Morgan fingerprint density at radius 2 is 1.81 bits per heavy atom. The number of carbonyl (C=O) groups excluding carboxylic acids is 1. The van der Waals surface area contributed by atoms with Crippen LogP contribution in [0.5, 0.6) is 11.5 Å². The van der Waals surface area contributed by atoms with Crippen molar-refractivity contribution >= 4 is 22.3 Å². The second-order valence-electron chi connectivity index (χ2n) is 5.26. The first-order valence-corrected chi connectivity index (χ1v) is 8.41. The van der Waals surface area contributed by atoms with Crippen LogP contribution in [-0.2, 0) is 6.54 Å². The molecule has 0 saturated heterocycles. The maximum Gasteiger partial charge on any atom is 0.354 e. The maximum absolute atomic E-state index is 12.3. The highest BCUT2D eigenvalue weighted by Gasteiger charge is 2.20. The standard InChI is InChI=1S/C18H17N3O3S.BrH/c1-23-15-9-8-13(10-16(15)24-2)17-20-21(18(19)25-17)11-14(22)12-6-4-3-5-7-12;/h3-10,19H,11H2,1-2H3;1H. The summed E-state index contributed by atoms with van der Waals surface area (Å²) < 4.78 is 12.1. The highest BCUT2D eigenvalue weighted by molar-refractivity contribution is 7.17. The number of aromatic nitrogens is 2. The number of hydrogen-bond acceptors (Lipinski definition) is 6. The molecule has 0 atom stereocenters. The van der Waals surface area contributed by atoms with Gasteiger partial charge in [0.05, 0.1) is 14.2 Å². The lowest BCUT2D eigenvalue weighted by Gasteiger charge is -2.07. The highest BCUT2D eigenvalue weighted by atomic mass is 79.9. The topological polar surface area (TPSA) is 78.3 Å². The summed E-state index contributed by atoms with van der Waals surface area (Å²) in [5, 5.41) is 5.64. The van der Waals surface area contributed by atoms with Crippen LogP contribution in [0, 0.1) is 0 Å². The minimum Gasteiger partial charge on any atom is -1.00 e. The van der Waals surface area contributed by atoms with Crippen LogP contribution in [0.4, 0.5) is 5.13 Å². The van der Waals surface area contributed by atoms with Crippen molar-refractivity contribution in [3.05, 3.63) is 54.1 Å². The van der Waals surface area contributed by atoms with Crippen molar-refractivity contribution < 1.29 is 35.9 Å². The number of halogens is 1. The van der Waals surface area contributed by atoms with E-state index in [1.807, 2.05) is 36.4 Å². The number of hydrogen-bond donors (Lipinski definition) is 1. The van der Waals surface area contributed by atoms with Gasteiger partial charge in [-0.3, -0.25) is 10.5 Å². The van der Waals surface area contributed by atoms with Gasteiger partial charge in [0.2, 0.25) is 5.78 Å². The smallest absolute Gasteiger partial charge is 0.354 e. The predicted molar refractivity (Wildman–Crippen MR) is 96.0 cm³/mol. The molecule has 136 valence electrons. The van der Waals surface area contributed by atoms with Gasteiger partial charge in [0.15, 0.2) is 23.1 Å². The van der Waals surface area contributed by atoms with Gasteiger partial charge in [0, 0.05) is 11.1 Å². The number of ether oxygens (including phenoxy) is 2. The fourth-order valence-corrected chi connectivity index (χ4v) is 3.17. The summed E-state index contributed by atoms with van der Waals surface area (Å²) in [5.41, 5.74) is 7.52. The fourth-order valence-electron chi connectivity index (χ4n) is 2.38. The third kappa shape index (κ3) is 4.20. The van der Waals surface area contributed by atoms with Crippen molar-refractivity contribution in [3.8, 4) is 22.1 Å². The van der Waals surface area contributed by atoms with E-state index in [-0.39, 0.29) is 29.3 Å². The molecule has 0 bridgehead atoms. The molecule has 0 fully saturated rings. The van der Waals surface area contributed by atoms with E-state index in [0.717, 1.165) is 5.56 Å². The number of nitrogens with zero attached hydrogens (tertiary/aromatic N) is 2. The first kappa shape index (κ1) is 19.9. The predicted octanol–water partition coefficient (Wildman–Crippen LogP) is -0.416. The molecule has 0 saturated carbocycles. The number of anilines is 1. The quantitative estimate of drug-likeness (QED) is 0.420. The van der Waals surface area contributed by atoms with Crippen molar-refractivity contribution in [2.75, 3.05) is 20.0 Å². The molecule has 0 aliphatic heterocycles. The van der Waals surface area contributed by atoms with Crippen LogP contribution >= 0.6 is 11.3 Å². The van der Waals surface area contributed by atoms with Gasteiger partial charge < -0.3 is 26.5 Å². The Hall–Kier alpha value is -2.45. The largest absolute Gasteiger partial charge is 1.00 e. The molecule has 1 aromatic heterocycles. The molecule has 0 amide bonds. The van der Waals surface area contributed by atoms with Crippen LogP contribution in [0.2, 0.25) is 0 Å². The van der Waals surface area contributed by atoms with Gasteiger partial charge in [-0.15, -0.1) is 4.68 Å². The highest BCUT2D eigenvalue weighted by Crippen LogP contribution is 2.33. The van der Waals surface area contributed by atoms with Crippen LogP contribution in [0.25, 0.3) is 10.6 Å². The Labute approximate surface area is 166 Å². The monoisotopic (exact) mass is 435 g/mol. The van der Waals surface area contributed by atoms with Gasteiger partial charge in [-0.1, -0.05) is 35.4 Å². The molecule has 3 rings (SSSR count). The lowest BCUT2D eigenvalue weighted by Crippen LogP contribution is -3.00. The number of ketones is 1. The second-order valence-corrected chi connectivity index (χ2v) is 6.27. The van der Waals surface area contributed by atoms with Crippen molar-refractivity contribution in [2.24, 2.45) is 0 Å². The fraction of sp³-hybridized carbons (Fsp3) is 0.167. The normalized spacial score (nSPS) is 10.1. The van der Waals surface area contributed by atoms with Crippen molar-refractivity contribution in [1.82, 2.24) is 5.10 Å². The molecule has 1 heterocycles. The molecule has 26 heavy (non-hydrogen) atoms. The van der Waals surface area contributed by atoms with E-state index < -0.39 is 0 Å². The Morgan fingerprint density at radius 1 is 1.12 bits per heavy atom. The number of nitrogen functional groups attached to an aromatic ring is 1. The zero-order chi connectivity index (χ0) is 17.8. The Kier molecular flexibility index (Phi) is 6.70. The Bertz CT molecular complexity index is 900. The molecule has 8 heteroatoms. The average molecular weight is 436 g/mol. The summed E-state index contributed by atoms with van der Waals surface area (Å²) >= 11 is 1.32. The summed E-state index contributed by atoms with van der Waals surface area (Å²) in [6.07, 6.45) is 0. The van der Waals surface area contributed by atoms with Crippen LogP contribution in [0.15, 0.2) is 48.5 Å². The number of methoxy groups -OCH3 is 2. The number of Topliss-reactive ketones (excluding diaryl/α,β-unsaturated/α-hetero) is 1. The third-order valence-electron chi connectivity index (χ3n) is 3.69. The van der Waals surface area contributed by atoms with E-state index in [9.17, 15) is 4.79 Å². The summed E-state index contributed by atoms with van der Waals surface area (Å²) in [6.45, 7) is 0.0969. The van der Waals surface area contributed by atoms with Gasteiger partial charge >= 0.3 is 5.13 Å². The number of nitrogens with two attached hydrogens (primary N) is 1. The van der Waals surface area contributed by atoms with Crippen molar-refractivity contribution in [3.63, 3.8) is 0 Å². The summed E-state index contributed by atoms with van der Waals surface area (Å²) in [7, 11) is 3.17. The van der Waals surface area contributed by atoms with Gasteiger partial charge in [-0.2, -0.15) is 0 Å². The molecule has 2 aromatic carbocycles. The zero-order valence-corrected chi connectivity index (χ0v) is 16.7. The van der Waals surface area contributed by atoms with Crippen LogP contribution in [0.1, 0.15) is 10.4 Å². The molecule has 0 unspecified atom stereocenters.